The van der Waals surface area contributed by atoms with E-state index >= 15 is 0 Å². The number of nitrogens with one attached hydrogen (secondary N) is 2. The van der Waals surface area contributed by atoms with E-state index in [9.17, 15) is 18.0 Å². The number of hydrogen-bond donors (Lipinski definition) is 4. The van der Waals surface area contributed by atoms with Crippen LogP contribution >= 0.6 is 0 Å². The van der Waals surface area contributed by atoms with Crippen molar-refractivity contribution >= 4 is 21.9 Å². The molecule has 0 bridgehead atoms. The van der Waals surface area contributed by atoms with Crippen LogP contribution in [0.5, 0.6) is 0 Å². The smallest absolute Gasteiger partial charge is 0.357 e. The highest BCUT2D eigenvalue weighted by molar-refractivity contribution is 7.89. The largest absolute Gasteiger partial charge is 0.476 e. The van der Waals surface area contributed by atoms with Crippen molar-refractivity contribution in [2.24, 2.45) is 5.73 Å². The summed E-state index contributed by atoms with van der Waals surface area (Å²) in [6.07, 6.45) is 0. The van der Waals surface area contributed by atoms with Crippen LogP contribution < -0.4 is 10.5 Å². The van der Waals surface area contributed by atoms with Crippen LogP contribution in [-0.2, 0) is 14.8 Å². The minimum Gasteiger partial charge on any atom is -0.476 e. The highest BCUT2D eigenvalue weighted by atomic mass is 32.2. The van der Waals surface area contributed by atoms with Crippen molar-refractivity contribution < 1.29 is 23.1 Å². The summed E-state index contributed by atoms with van der Waals surface area (Å²) in [7, 11) is -4.14. The van der Waals surface area contributed by atoms with E-state index in [0.717, 1.165) is 0 Å². The van der Waals surface area contributed by atoms with Gasteiger partial charge in [-0.05, 0) is 6.92 Å². The summed E-state index contributed by atoms with van der Waals surface area (Å²) in [4.78, 5) is 20.7. The molecule has 9 nitrogen and oxygen atoms in total. The van der Waals surface area contributed by atoms with Crippen molar-refractivity contribution in [2.75, 3.05) is 6.54 Å². The Morgan fingerprint density at radius 3 is 2.59 bits per heavy atom. The molecule has 0 atom stereocenters. The number of nitrogens with zero attached hydrogens (tertiary/aromatic N) is 1. The van der Waals surface area contributed by atoms with Gasteiger partial charge in [0.15, 0.2) is 5.69 Å². The second-order valence-electron chi connectivity index (χ2n) is 3.12. The molecule has 5 N–H and O–H groups in total. The fourth-order valence-corrected chi connectivity index (χ4v) is 2.44. The van der Waals surface area contributed by atoms with E-state index in [0.29, 0.717) is 0 Å². The Labute approximate surface area is 96.1 Å². The van der Waals surface area contributed by atoms with Crippen molar-refractivity contribution in [1.29, 1.82) is 0 Å². The number of nitrogens with two attached hydrogens (primary N) is 1. The zero-order chi connectivity index (χ0) is 13.2. The van der Waals surface area contributed by atoms with Gasteiger partial charge in [-0.1, -0.05) is 0 Å². The number of H-pyrrole nitrogens is 1. The minimum atomic E-state index is -4.14. The van der Waals surface area contributed by atoms with Gasteiger partial charge in [-0.25, -0.2) is 17.9 Å². The fourth-order valence-electron chi connectivity index (χ4n) is 1.13. The topological polar surface area (TPSA) is 155 Å². The molecule has 0 aliphatic carbocycles. The lowest BCUT2D eigenvalue weighted by Crippen LogP contribution is -2.34. The first-order valence-electron chi connectivity index (χ1n) is 4.32. The minimum absolute atomic E-state index is 0.0550. The van der Waals surface area contributed by atoms with Gasteiger partial charge in [0, 0.05) is 0 Å². The van der Waals surface area contributed by atoms with Crippen LogP contribution in [0.1, 0.15) is 16.2 Å². The molecule has 1 amide bonds. The number of hydrogen-bond acceptors (Lipinski definition) is 5. The van der Waals surface area contributed by atoms with Crippen LogP contribution in [0, 0.1) is 6.92 Å². The molecular weight excluding hydrogens is 252 g/mol. The van der Waals surface area contributed by atoms with Gasteiger partial charge in [-0.15, -0.1) is 0 Å². The molecule has 0 saturated heterocycles. The molecule has 1 aromatic heterocycles. The Balaban J connectivity index is 3.19. The molecule has 1 aromatic rings. The summed E-state index contributed by atoms with van der Waals surface area (Å²) in [6, 6.07) is 0. The number of rotatable bonds is 5. The summed E-state index contributed by atoms with van der Waals surface area (Å²) in [5, 5.41) is 14.3. The Morgan fingerprint density at radius 1 is 1.53 bits per heavy atom. The van der Waals surface area contributed by atoms with E-state index in [2.05, 4.69) is 10.2 Å². The lowest BCUT2D eigenvalue weighted by molar-refractivity contribution is -0.116. The zero-order valence-electron chi connectivity index (χ0n) is 8.72. The van der Waals surface area contributed by atoms with E-state index in [1.807, 2.05) is 4.72 Å². The quantitative estimate of drug-likeness (QED) is 0.489. The first-order valence-corrected chi connectivity index (χ1v) is 5.80. The number of aryl methyl sites for hydroxylation is 1. The van der Waals surface area contributed by atoms with Crippen LogP contribution in [0.4, 0.5) is 0 Å². The number of aromatic carboxylic acids is 1. The van der Waals surface area contributed by atoms with Gasteiger partial charge >= 0.3 is 5.97 Å². The normalized spacial score (nSPS) is 11.4. The predicted octanol–water partition coefficient (Wildman–Crippen LogP) is -1.82. The van der Waals surface area contributed by atoms with Crippen molar-refractivity contribution in [3.8, 4) is 0 Å². The third-order valence-corrected chi connectivity index (χ3v) is 3.36. The molecule has 0 spiro atoms. The second kappa shape index (κ2) is 4.51. The maximum absolute atomic E-state index is 11.7. The maximum atomic E-state index is 11.7. The van der Waals surface area contributed by atoms with Gasteiger partial charge in [0.05, 0.1) is 12.2 Å². The highest BCUT2D eigenvalue weighted by Crippen LogP contribution is 2.16. The maximum Gasteiger partial charge on any atom is 0.357 e. The number of carboxylic acids is 1. The molecule has 94 valence electrons. The zero-order valence-corrected chi connectivity index (χ0v) is 9.54. The lowest BCUT2D eigenvalue weighted by Gasteiger charge is -2.04. The lowest BCUT2D eigenvalue weighted by atomic mass is 10.4. The molecule has 0 aromatic carbocycles. The SMILES string of the molecule is Cc1[nH]nc(C(=O)O)c1S(=O)(=O)NCC(N)=O. The third kappa shape index (κ3) is 2.79. The van der Waals surface area contributed by atoms with Gasteiger partial charge in [0.2, 0.25) is 15.9 Å². The molecular formula is C7H10N4O5S. The summed E-state index contributed by atoms with van der Waals surface area (Å²) >= 11 is 0. The molecule has 0 aliphatic rings. The number of aromatic amines is 1. The molecule has 17 heavy (non-hydrogen) atoms. The van der Waals surface area contributed by atoms with Crippen LogP contribution in [-0.4, -0.2) is 42.1 Å². The second-order valence-corrected chi connectivity index (χ2v) is 4.83. The average molecular weight is 262 g/mol. The molecule has 0 saturated carbocycles. The first kappa shape index (κ1) is 13.1. The molecule has 0 fully saturated rings. The van der Waals surface area contributed by atoms with Gasteiger partial charge in [0.25, 0.3) is 0 Å². The van der Waals surface area contributed by atoms with Gasteiger partial charge < -0.3 is 10.8 Å². The third-order valence-electron chi connectivity index (χ3n) is 1.80. The average Bonchev–Trinajstić information content (AvgIpc) is 2.58. The molecule has 1 heterocycles. The first-order chi connectivity index (χ1) is 7.75. The summed E-state index contributed by atoms with van der Waals surface area (Å²) < 4.78 is 25.3. The molecule has 0 radical (unpaired) electrons. The van der Waals surface area contributed by atoms with Gasteiger partial charge in [0.1, 0.15) is 4.90 Å². The Morgan fingerprint density at radius 2 is 2.12 bits per heavy atom. The van der Waals surface area contributed by atoms with Crippen molar-refractivity contribution in [3.05, 3.63) is 11.4 Å². The van der Waals surface area contributed by atoms with E-state index in [-0.39, 0.29) is 5.69 Å². The van der Waals surface area contributed by atoms with E-state index < -0.39 is 39.0 Å². The summed E-state index contributed by atoms with van der Waals surface area (Å²) in [5.74, 6) is -2.37. The molecule has 1 rings (SSSR count). The Kier molecular flexibility index (Phi) is 3.48. The highest BCUT2D eigenvalue weighted by Gasteiger charge is 2.28. The molecule has 10 heteroatoms. The van der Waals surface area contributed by atoms with E-state index in [4.69, 9.17) is 10.8 Å². The number of sulfonamides is 1. The summed E-state index contributed by atoms with van der Waals surface area (Å²) in [5.41, 5.74) is 4.20. The number of carboxylic acid groups (broad SMARTS) is 1. The van der Waals surface area contributed by atoms with E-state index in [1.54, 1.807) is 0 Å². The fraction of sp³-hybridized carbons (Fsp3) is 0.286. The number of carbonyl (C=O) groups is 2. The standard InChI is InChI=1S/C7H10N4O5S/c1-3-6(5(7(13)14)11-10-3)17(15,16)9-2-4(8)12/h9H,2H2,1H3,(H2,8,12)(H,10,11)(H,13,14). The van der Waals surface area contributed by atoms with Crippen molar-refractivity contribution in [3.63, 3.8) is 0 Å². The van der Waals surface area contributed by atoms with Crippen LogP contribution in [0.25, 0.3) is 0 Å². The predicted molar refractivity (Wildman–Crippen MR) is 54.7 cm³/mol. The molecule has 0 unspecified atom stereocenters. The number of amides is 1. The van der Waals surface area contributed by atoms with E-state index in [1.165, 1.54) is 6.92 Å². The number of primary amides is 1. The van der Waals surface area contributed by atoms with Crippen LogP contribution in [0.15, 0.2) is 4.90 Å². The Hall–Kier alpha value is -1.94. The Bertz CT molecular complexity index is 561. The molecule has 0 aliphatic heterocycles. The van der Waals surface area contributed by atoms with Crippen molar-refractivity contribution in [2.45, 2.75) is 11.8 Å². The summed E-state index contributed by atoms with van der Waals surface area (Å²) in [6.45, 7) is 0.726. The van der Waals surface area contributed by atoms with Gasteiger partial charge in [-0.2, -0.15) is 5.10 Å². The van der Waals surface area contributed by atoms with Crippen molar-refractivity contribution in [1.82, 2.24) is 14.9 Å². The monoisotopic (exact) mass is 262 g/mol. The van der Waals surface area contributed by atoms with Gasteiger partial charge in [-0.3, -0.25) is 9.89 Å². The number of aromatic nitrogens is 2. The number of carbonyl (C=O) groups excluding carboxylic acids is 1. The van der Waals surface area contributed by atoms with Crippen LogP contribution in [0.2, 0.25) is 0 Å². The van der Waals surface area contributed by atoms with Crippen LogP contribution in [0.3, 0.4) is 0 Å².